The molecule has 0 amide bonds. The van der Waals surface area contributed by atoms with E-state index in [2.05, 4.69) is 0 Å². The Bertz CT molecular complexity index is 778. The maximum atomic E-state index is 12.4. The molecule has 0 aliphatic rings. The number of carboxylic acids is 1. The van der Waals surface area contributed by atoms with Gasteiger partial charge in [0.2, 0.25) is 0 Å². The van der Waals surface area contributed by atoms with Crippen molar-refractivity contribution in [3.05, 3.63) is 22.7 Å². The number of hydrogen-bond donors (Lipinski definition) is 1. The van der Waals surface area contributed by atoms with Crippen LogP contribution < -0.4 is 0 Å². The van der Waals surface area contributed by atoms with E-state index in [0.29, 0.717) is 0 Å². The van der Waals surface area contributed by atoms with Crippen LogP contribution in [0.1, 0.15) is 24.2 Å². The van der Waals surface area contributed by atoms with Gasteiger partial charge in [0, 0.05) is 6.26 Å². The fourth-order valence-electron chi connectivity index (χ4n) is 1.81. The fourth-order valence-corrected chi connectivity index (χ4v) is 5.85. The summed E-state index contributed by atoms with van der Waals surface area (Å²) in [6.45, 7) is 3.29. The SMILES string of the molecule is CC(C)CS(=O)(=O)c1c(S(C)(=O)=O)ccc(C(=O)O)c1Cl. The van der Waals surface area contributed by atoms with E-state index in [0.717, 1.165) is 18.4 Å². The zero-order valence-electron chi connectivity index (χ0n) is 11.6. The van der Waals surface area contributed by atoms with Crippen LogP contribution >= 0.6 is 11.6 Å². The summed E-state index contributed by atoms with van der Waals surface area (Å²) in [5, 5.41) is 8.42. The topological polar surface area (TPSA) is 106 Å². The van der Waals surface area contributed by atoms with Crippen LogP contribution in [0, 0.1) is 5.92 Å². The van der Waals surface area contributed by atoms with E-state index >= 15 is 0 Å². The third-order valence-electron chi connectivity index (χ3n) is 2.55. The minimum absolute atomic E-state index is 0.271. The highest BCUT2D eigenvalue weighted by atomic mass is 35.5. The van der Waals surface area contributed by atoms with Crippen LogP contribution in [0.3, 0.4) is 0 Å². The van der Waals surface area contributed by atoms with Crippen molar-refractivity contribution in [2.75, 3.05) is 12.0 Å². The van der Waals surface area contributed by atoms with Gasteiger partial charge in [-0.2, -0.15) is 0 Å². The highest BCUT2D eigenvalue weighted by molar-refractivity contribution is 7.94. The number of halogens is 1. The molecule has 0 atom stereocenters. The Morgan fingerprint density at radius 1 is 1.24 bits per heavy atom. The molecule has 9 heteroatoms. The largest absolute Gasteiger partial charge is 0.478 e. The molecular weight excluding hydrogens is 340 g/mol. The Hall–Kier alpha value is -1.12. The molecular formula is C12H15ClO6S2. The third kappa shape index (κ3) is 3.96. The lowest BCUT2D eigenvalue weighted by atomic mass is 10.2. The van der Waals surface area contributed by atoms with Crippen molar-refractivity contribution in [3.63, 3.8) is 0 Å². The van der Waals surface area contributed by atoms with Crippen molar-refractivity contribution in [1.29, 1.82) is 0 Å². The summed E-state index contributed by atoms with van der Waals surface area (Å²) in [6, 6.07) is 1.94. The molecule has 0 bridgehead atoms. The molecule has 0 heterocycles. The van der Waals surface area contributed by atoms with E-state index in [-0.39, 0.29) is 11.7 Å². The first-order chi connectivity index (χ1) is 9.38. The molecule has 6 nitrogen and oxygen atoms in total. The van der Waals surface area contributed by atoms with Crippen LogP contribution in [-0.4, -0.2) is 39.9 Å². The lowest BCUT2D eigenvalue weighted by Gasteiger charge is -2.14. The van der Waals surface area contributed by atoms with Gasteiger partial charge in [0.15, 0.2) is 19.7 Å². The molecule has 1 N–H and O–H groups in total. The summed E-state index contributed by atoms with van der Waals surface area (Å²) in [6.07, 6.45) is 0.841. The highest BCUT2D eigenvalue weighted by Crippen LogP contribution is 2.33. The van der Waals surface area contributed by atoms with Crippen LogP contribution in [0.25, 0.3) is 0 Å². The van der Waals surface area contributed by atoms with Crippen LogP contribution in [0.4, 0.5) is 0 Å². The summed E-state index contributed by atoms with van der Waals surface area (Å²) >= 11 is 5.86. The van der Waals surface area contributed by atoms with E-state index in [4.69, 9.17) is 16.7 Å². The molecule has 0 fully saturated rings. The van der Waals surface area contributed by atoms with Gasteiger partial charge in [-0.1, -0.05) is 25.4 Å². The van der Waals surface area contributed by atoms with Crippen molar-refractivity contribution < 1.29 is 26.7 Å². The van der Waals surface area contributed by atoms with Gasteiger partial charge in [0.05, 0.1) is 21.2 Å². The van der Waals surface area contributed by atoms with Crippen molar-refractivity contribution in [2.24, 2.45) is 5.92 Å². The van der Waals surface area contributed by atoms with Gasteiger partial charge in [0.1, 0.15) is 4.90 Å². The molecule has 0 aliphatic heterocycles. The fraction of sp³-hybridized carbons (Fsp3) is 0.417. The van der Waals surface area contributed by atoms with Crippen LogP contribution in [0.15, 0.2) is 21.9 Å². The van der Waals surface area contributed by atoms with E-state index in [1.807, 2.05) is 0 Å². The van der Waals surface area contributed by atoms with Gasteiger partial charge in [0.25, 0.3) is 0 Å². The van der Waals surface area contributed by atoms with Crippen molar-refractivity contribution in [2.45, 2.75) is 23.6 Å². The molecule has 1 aromatic carbocycles. The number of carboxylic acid groups (broad SMARTS) is 1. The van der Waals surface area contributed by atoms with Gasteiger partial charge in [-0.05, 0) is 18.1 Å². The predicted molar refractivity (Wildman–Crippen MR) is 78.4 cm³/mol. The monoisotopic (exact) mass is 354 g/mol. The number of carbonyl (C=O) groups is 1. The highest BCUT2D eigenvalue weighted by Gasteiger charge is 2.30. The Morgan fingerprint density at radius 3 is 2.14 bits per heavy atom. The normalized spacial score (nSPS) is 12.6. The summed E-state index contributed by atoms with van der Waals surface area (Å²) < 4.78 is 48.2. The van der Waals surface area contributed by atoms with Gasteiger partial charge in [-0.3, -0.25) is 0 Å². The lowest BCUT2D eigenvalue weighted by Crippen LogP contribution is -2.17. The van der Waals surface area contributed by atoms with E-state index in [1.165, 1.54) is 0 Å². The zero-order valence-corrected chi connectivity index (χ0v) is 14.0. The molecule has 0 spiro atoms. The molecule has 21 heavy (non-hydrogen) atoms. The molecule has 0 saturated heterocycles. The van der Waals surface area contributed by atoms with Gasteiger partial charge in [-0.25, -0.2) is 21.6 Å². The second kappa shape index (κ2) is 5.94. The van der Waals surface area contributed by atoms with Gasteiger partial charge in [-0.15, -0.1) is 0 Å². The van der Waals surface area contributed by atoms with E-state index in [9.17, 15) is 21.6 Å². The zero-order chi connectivity index (χ0) is 16.6. The number of benzene rings is 1. The quantitative estimate of drug-likeness (QED) is 0.865. The number of aromatic carboxylic acids is 1. The first-order valence-electron chi connectivity index (χ1n) is 5.86. The van der Waals surface area contributed by atoms with Crippen LogP contribution in [0.2, 0.25) is 5.02 Å². The van der Waals surface area contributed by atoms with Crippen molar-refractivity contribution >= 4 is 37.2 Å². The van der Waals surface area contributed by atoms with Gasteiger partial charge < -0.3 is 5.11 Å². The molecule has 0 unspecified atom stereocenters. The summed E-state index contributed by atoms with van der Waals surface area (Å²) in [4.78, 5) is 9.93. The number of sulfone groups is 2. The maximum absolute atomic E-state index is 12.4. The molecule has 1 aromatic rings. The Kier molecular flexibility index (Phi) is 5.07. The molecule has 0 saturated carbocycles. The molecule has 0 aliphatic carbocycles. The van der Waals surface area contributed by atoms with Crippen LogP contribution in [-0.2, 0) is 19.7 Å². The average molecular weight is 355 g/mol. The minimum atomic E-state index is -4.03. The Morgan fingerprint density at radius 2 is 1.76 bits per heavy atom. The van der Waals surface area contributed by atoms with E-state index in [1.54, 1.807) is 13.8 Å². The molecule has 1 rings (SSSR count). The second-order valence-corrected chi connectivity index (χ2v) is 9.34. The van der Waals surface area contributed by atoms with Crippen molar-refractivity contribution in [1.82, 2.24) is 0 Å². The molecule has 0 radical (unpaired) electrons. The second-order valence-electron chi connectivity index (χ2n) is 5.01. The standard InChI is InChI=1S/C12H15ClO6S2/c1-7(2)6-21(18,19)11-9(20(3,16)17)5-4-8(10(11)13)12(14)15/h4-5,7H,6H2,1-3H3,(H,14,15). The summed E-state index contributed by atoms with van der Waals surface area (Å²) in [5.74, 6) is -2.04. The Balaban J connectivity index is 3.83. The minimum Gasteiger partial charge on any atom is -0.478 e. The third-order valence-corrected chi connectivity index (χ3v) is 6.48. The molecule has 0 aromatic heterocycles. The van der Waals surface area contributed by atoms with E-state index < -0.39 is 46.0 Å². The van der Waals surface area contributed by atoms with Crippen molar-refractivity contribution in [3.8, 4) is 0 Å². The number of hydrogen-bond acceptors (Lipinski definition) is 5. The van der Waals surface area contributed by atoms with Crippen LogP contribution in [0.5, 0.6) is 0 Å². The predicted octanol–water partition coefficient (Wildman–Crippen LogP) is 1.87. The first-order valence-corrected chi connectivity index (χ1v) is 9.78. The molecule has 118 valence electrons. The summed E-state index contributed by atoms with van der Waals surface area (Å²) in [5.41, 5.74) is -0.452. The van der Waals surface area contributed by atoms with Gasteiger partial charge >= 0.3 is 5.97 Å². The number of rotatable bonds is 5. The Labute approximate surface area is 128 Å². The maximum Gasteiger partial charge on any atom is 0.337 e. The average Bonchev–Trinajstić information content (AvgIpc) is 2.24. The smallest absolute Gasteiger partial charge is 0.337 e. The first kappa shape index (κ1) is 17.9. The lowest BCUT2D eigenvalue weighted by molar-refractivity contribution is 0.0696. The summed E-state index contributed by atoms with van der Waals surface area (Å²) in [7, 11) is -7.91.